The zero-order chi connectivity index (χ0) is 25.2. The van der Waals surface area contributed by atoms with Crippen molar-refractivity contribution < 1.29 is 23.5 Å². The number of nitrogens with zero attached hydrogens (tertiary/aromatic N) is 1. The average molecular weight is 541 g/mol. The molecule has 0 fully saturated rings. The van der Waals surface area contributed by atoms with Crippen molar-refractivity contribution in [3.05, 3.63) is 88.1 Å². The van der Waals surface area contributed by atoms with E-state index in [-0.39, 0.29) is 12.3 Å². The molecular weight excluding hydrogens is 519 g/mol. The SMILES string of the molecule is CCc1ccccc1NC(=O)C(=O)N/N=C\c1cccc(OCC(=O)Nc2ccc(Br)cc2F)c1. The second kappa shape index (κ2) is 12.4. The van der Waals surface area contributed by atoms with Gasteiger partial charge in [-0.2, -0.15) is 5.10 Å². The number of hydrogen-bond acceptors (Lipinski definition) is 5. The number of carbonyl (C=O) groups excluding carboxylic acids is 3. The molecule has 8 nitrogen and oxygen atoms in total. The minimum absolute atomic E-state index is 0.0423. The Morgan fingerprint density at radius 3 is 2.54 bits per heavy atom. The molecule has 0 bridgehead atoms. The quantitative estimate of drug-likeness (QED) is 0.225. The molecule has 180 valence electrons. The minimum atomic E-state index is -0.920. The van der Waals surface area contributed by atoms with E-state index in [1.165, 1.54) is 18.3 Å². The lowest BCUT2D eigenvalue weighted by Crippen LogP contribution is -2.32. The van der Waals surface area contributed by atoms with Gasteiger partial charge in [-0.15, -0.1) is 0 Å². The number of aryl methyl sites for hydroxylation is 1. The molecule has 0 heterocycles. The lowest BCUT2D eigenvalue weighted by Gasteiger charge is -2.09. The second-order valence-corrected chi connectivity index (χ2v) is 8.11. The highest BCUT2D eigenvalue weighted by atomic mass is 79.9. The van der Waals surface area contributed by atoms with E-state index < -0.39 is 23.5 Å². The van der Waals surface area contributed by atoms with Crippen LogP contribution in [0.1, 0.15) is 18.1 Å². The van der Waals surface area contributed by atoms with Crippen molar-refractivity contribution in [3.63, 3.8) is 0 Å². The van der Waals surface area contributed by atoms with Gasteiger partial charge in [0.1, 0.15) is 11.6 Å². The molecule has 0 aromatic heterocycles. The van der Waals surface area contributed by atoms with Gasteiger partial charge in [-0.3, -0.25) is 14.4 Å². The Labute approximate surface area is 209 Å². The molecule has 3 aromatic rings. The van der Waals surface area contributed by atoms with Crippen LogP contribution in [0.5, 0.6) is 5.75 Å². The predicted molar refractivity (Wildman–Crippen MR) is 135 cm³/mol. The van der Waals surface area contributed by atoms with Crippen molar-refractivity contribution >= 4 is 51.2 Å². The van der Waals surface area contributed by atoms with Gasteiger partial charge >= 0.3 is 11.8 Å². The summed E-state index contributed by atoms with van der Waals surface area (Å²) in [4.78, 5) is 36.2. The lowest BCUT2D eigenvalue weighted by molar-refractivity contribution is -0.136. The number of rotatable bonds is 8. The van der Waals surface area contributed by atoms with Crippen LogP contribution in [-0.4, -0.2) is 30.5 Å². The van der Waals surface area contributed by atoms with Gasteiger partial charge in [-0.25, -0.2) is 9.82 Å². The molecule has 10 heteroatoms. The Morgan fingerprint density at radius 1 is 0.971 bits per heavy atom. The molecule has 0 aliphatic heterocycles. The smallest absolute Gasteiger partial charge is 0.329 e. The number of anilines is 2. The van der Waals surface area contributed by atoms with E-state index in [9.17, 15) is 18.8 Å². The normalized spacial score (nSPS) is 10.6. The molecule has 0 aliphatic rings. The Kier molecular flexibility index (Phi) is 9.08. The number of halogens is 2. The van der Waals surface area contributed by atoms with E-state index in [4.69, 9.17) is 4.74 Å². The maximum absolute atomic E-state index is 13.8. The fourth-order valence-electron chi connectivity index (χ4n) is 2.96. The Morgan fingerprint density at radius 2 is 1.77 bits per heavy atom. The topological polar surface area (TPSA) is 109 Å². The third-order valence-electron chi connectivity index (χ3n) is 4.67. The highest BCUT2D eigenvalue weighted by molar-refractivity contribution is 9.10. The monoisotopic (exact) mass is 540 g/mol. The summed E-state index contributed by atoms with van der Waals surface area (Å²) in [5.74, 6) is -2.50. The summed E-state index contributed by atoms with van der Waals surface area (Å²) in [6.45, 7) is 1.61. The van der Waals surface area contributed by atoms with Crippen molar-refractivity contribution in [1.82, 2.24) is 5.43 Å². The maximum atomic E-state index is 13.8. The van der Waals surface area contributed by atoms with Gasteiger partial charge in [-0.05, 0) is 53.9 Å². The van der Waals surface area contributed by atoms with Crippen LogP contribution in [0, 0.1) is 5.82 Å². The summed E-state index contributed by atoms with van der Waals surface area (Å²) in [6.07, 6.45) is 2.03. The number of nitrogens with one attached hydrogen (secondary N) is 3. The van der Waals surface area contributed by atoms with Gasteiger partial charge in [0.2, 0.25) is 0 Å². The molecule has 35 heavy (non-hydrogen) atoms. The number of amides is 3. The highest BCUT2D eigenvalue weighted by Gasteiger charge is 2.14. The Bertz CT molecular complexity index is 1270. The highest BCUT2D eigenvalue weighted by Crippen LogP contribution is 2.19. The molecule has 0 saturated heterocycles. The Hall–Kier alpha value is -4.05. The molecule has 0 aliphatic carbocycles. The van der Waals surface area contributed by atoms with E-state index in [1.54, 1.807) is 42.5 Å². The number of carbonyl (C=O) groups is 3. The molecule has 0 radical (unpaired) electrons. The third kappa shape index (κ3) is 7.75. The molecule has 0 spiro atoms. The van der Waals surface area contributed by atoms with Crippen molar-refractivity contribution in [3.8, 4) is 5.75 Å². The van der Waals surface area contributed by atoms with E-state index >= 15 is 0 Å². The van der Waals surface area contributed by atoms with Crippen molar-refractivity contribution in [2.75, 3.05) is 17.2 Å². The first kappa shape index (κ1) is 25.6. The van der Waals surface area contributed by atoms with Gasteiger partial charge in [0, 0.05) is 10.2 Å². The van der Waals surface area contributed by atoms with Gasteiger partial charge < -0.3 is 15.4 Å². The maximum Gasteiger partial charge on any atom is 0.329 e. The number of ether oxygens (including phenoxy) is 1. The molecule has 3 rings (SSSR count). The number of para-hydroxylation sites is 1. The van der Waals surface area contributed by atoms with Crippen LogP contribution in [0.4, 0.5) is 15.8 Å². The first-order valence-electron chi connectivity index (χ1n) is 10.6. The van der Waals surface area contributed by atoms with Gasteiger partial charge in [0.25, 0.3) is 5.91 Å². The second-order valence-electron chi connectivity index (χ2n) is 7.20. The first-order chi connectivity index (χ1) is 16.9. The lowest BCUT2D eigenvalue weighted by atomic mass is 10.1. The number of hydrazone groups is 1. The predicted octanol–water partition coefficient (Wildman–Crippen LogP) is 4.26. The van der Waals surface area contributed by atoms with Crippen molar-refractivity contribution in [2.45, 2.75) is 13.3 Å². The number of hydrogen-bond donors (Lipinski definition) is 3. The third-order valence-corrected chi connectivity index (χ3v) is 5.16. The minimum Gasteiger partial charge on any atom is -0.484 e. The molecular formula is C25H22BrFN4O4. The summed E-state index contributed by atoms with van der Waals surface area (Å²) in [5.41, 5.74) is 4.24. The van der Waals surface area contributed by atoms with Crippen molar-refractivity contribution in [1.29, 1.82) is 0 Å². The molecule has 0 atom stereocenters. The number of benzene rings is 3. The summed E-state index contributed by atoms with van der Waals surface area (Å²) >= 11 is 3.15. The van der Waals surface area contributed by atoms with Crippen LogP contribution in [0.15, 0.2) is 76.3 Å². The van der Waals surface area contributed by atoms with E-state index in [2.05, 4.69) is 37.1 Å². The van der Waals surface area contributed by atoms with Crippen LogP contribution in [0.2, 0.25) is 0 Å². The Balaban J connectivity index is 1.50. The van der Waals surface area contributed by atoms with Crippen molar-refractivity contribution in [2.24, 2.45) is 5.10 Å². The van der Waals surface area contributed by atoms with E-state index in [0.29, 0.717) is 27.9 Å². The van der Waals surface area contributed by atoms with Crippen LogP contribution < -0.4 is 20.8 Å². The van der Waals surface area contributed by atoms with Gasteiger partial charge in [0.15, 0.2) is 6.61 Å². The van der Waals surface area contributed by atoms with Gasteiger partial charge in [-0.1, -0.05) is 53.2 Å². The largest absolute Gasteiger partial charge is 0.484 e. The van der Waals surface area contributed by atoms with Gasteiger partial charge in [0.05, 0.1) is 11.9 Å². The van der Waals surface area contributed by atoms with E-state index in [1.807, 2.05) is 19.1 Å². The molecule has 0 saturated carbocycles. The average Bonchev–Trinajstić information content (AvgIpc) is 2.85. The molecule has 3 amide bonds. The van der Waals surface area contributed by atoms with Crippen LogP contribution >= 0.6 is 15.9 Å². The molecule has 0 unspecified atom stereocenters. The fraction of sp³-hybridized carbons (Fsp3) is 0.120. The van der Waals surface area contributed by atoms with Crippen LogP contribution in [0.25, 0.3) is 0 Å². The summed E-state index contributed by atoms with van der Waals surface area (Å²) in [6, 6.07) is 18.1. The standard InChI is InChI=1S/C25H22BrFN4O4/c1-2-17-7-3-4-9-21(17)30-24(33)25(34)31-28-14-16-6-5-8-19(12-16)35-15-23(32)29-22-11-10-18(26)13-20(22)27/h3-14H,2,15H2,1H3,(H,29,32)(H,30,33)(H,31,34)/b28-14-. The first-order valence-corrected chi connectivity index (χ1v) is 11.3. The summed E-state index contributed by atoms with van der Waals surface area (Å²) < 4.78 is 19.8. The molecule has 3 aromatic carbocycles. The molecule has 3 N–H and O–H groups in total. The summed E-state index contributed by atoms with van der Waals surface area (Å²) in [7, 11) is 0. The van der Waals surface area contributed by atoms with E-state index in [0.717, 1.165) is 5.56 Å². The van der Waals surface area contributed by atoms with Crippen LogP contribution in [-0.2, 0) is 20.8 Å². The van der Waals surface area contributed by atoms with Crippen LogP contribution in [0.3, 0.4) is 0 Å². The summed E-state index contributed by atoms with van der Waals surface area (Å²) in [5, 5.41) is 8.78. The fourth-order valence-corrected chi connectivity index (χ4v) is 3.29. The zero-order valence-electron chi connectivity index (χ0n) is 18.7. The zero-order valence-corrected chi connectivity index (χ0v) is 20.3.